The molecule has 1 aromatic heterocycles. The zero-order valence-corrected chi connectivity index (χ0v) is 12.5. The van der Waals surface area contributed by atoms with E-state index in [1.54, 1.807) is 24.2 Å². The van der Waals surface area contributed by atoms with E-state index in [-0.39, 0.29) is 0 Å². The SMILES string of the molecule is CSc1ccc(CCCC(=O)Cc2cccnc2)cc1. The highest BCUT2D eigenvalue weighted by Gasteiger charge is 2.04. The van der Waals surface area contributed by atoms with E-state index in [0.29, 0.717) is 18.6 Å². The van der Waals surface area contributed by atoms with Crippen molar-refractivity contribution in [2.75, 3.05) is 6.26 Å². The summed E-state index contributed by atoms with van der Waals surface area (Å²) in [7, 11) is 0. The lowest BCUT2D eigenvalue weighted by molar-refractivity contribution is -0.118. The van der Waals surface area contributed by atoms with E-state index in [2.05, 4.69) is 35.5 Å². The van der Waals surface area contributed by atoms with Gasteiger partial charge in [0.1, 0.15) is 5.78 Å². The van der Waals surface area contributed by atoms with Gasteiger partial charge in [0.2, 0.25) is 0 Å². The molecule has 0 atom stereocenters. The number of Topliss-reactive ketones (excluding diaryl/α,β-unsaturated/α-hetero) is 1. The lowest BCUT2D eigenvalue weighted by Crippen LogP contribution is -2.03. The number of hydrogen-bond donors (Lipinski definition) is 0. The lowest BCUT2D eigenvalue weighted by atomic mass is 10.0. The third-order valence-corrected chi connectivity index (χ3v) is 3.95. The van der Waals surface area contributed by atoms with Gasteiger partial charge in [-0.2, -0.15) is 0 Å². The van der Waals surface area contributed by atoms with Gasteiger partial charge < -0.3 is 0 Å². The fraction of sp³-hybridized carbons (Fsp3) is 0.294. The van der Waals surface area contributed by atoms with Gasteiger partial charge in [-0.25, -0.2) is 0 Å². The van der Waals surface area contributed by atoms with Crippen LogP contribution >= 0.6 is 11.8 Å². The van der Waals surface area contributed by atoms with Crippen molar-refractivity contribution in [3.05, 3.63) is 59.9 Å². The molecule has 0 N–H and O–H groups in total. The quantitative estimate of drug-likeness (QED) is 0.722. The first-order chi connectivity index (χ1) is 9.78. The molecule has 0 saturated heterocycles. The van der Waals surface area contributed by atoms with E-state index >= 15 is 0 Å². The molecular formula is C17H19NOS. The minimum atomic E-state index is 0.290. The molecule has 0 bridgehead atoms. The summed E-state index contributed by atoms with van der Waals surface area (Å²) in [5, 5.41) is 0. The molecule has 2 aromatic rings. The average molecular weight is 285 g/mol. The molecule has 0 fully saturated rings. The van der Waals surface area contributed by atoms with Crippen molar-refractivity contribution in [1.82, 2.24) is 4.98 Å². The maximum Gasteiger partial charge on any atom is 0.137 e. The summed E-state index contributed by atoms with van der Waals surface area (Å²) in [6.45, 7) is 0. The van der Waals surface area contributed by atoms with Gasteiger partial charge in [0.05, 0.1) is 0 Å². The van der Waals surface area contributed by atoms with E-state index in [0.717, 1.165) is 18.4 Å². The number of aromatic nitrogens is 1. The Morgan fingerprint density at radius 3 is 2.60 bits per heavy atom. The van der Waals surface area contributed by atoms with Crippen molar-refractivity contribution in [2.24, 2.45) is 0 Å². The van der Waals surface area contributed by atoms with Gasteiger partial charge >= 0.3 is 0 Å². The molecule has 0 aliphatic rings. The Kier molecular flexibility index (Phi) is 5.81. The van der Waals surface area contributed by atoms with Gasteiger partial charge in [0.15, 0.2) is 0 Å². The topological polar surface area (TPSA) is 30.0 Å². The maximum atomic E-state index is 11.9. The molecule has 0 unspecified atom stereocenters. The van der Waals surface area contributed by atoms with Gasteiger partial charge in [-0.15, -0.1) is 11.8 Å². The Balaban J connectivity index is 1.73. The number of aryl methyl sites for hydroxylation is 1. The molecule has 1 aromatic carbocycles. The standard InChI is InChI=1S/C17H19NOS/c1-20-17-9-7-14(8-10-17)4-2-6-16(19)12-15-5-3-11-18-13-15/h3,5,7-11,13H,2,4,6,12H2,1H3. The third kappa shape index (κ3) is 4.82. The van der Waals surface area contributed by atoms with Crippen LogP contribution in [-0.4, -0.2) is 17.0 Å². The number of rotatable bonds is 7. The van der Waals surface area contributed by atoms with Gasteiger partial charge in [0.25, 0.3) is 0 Å². The number of carbonyl (C=O) groups excluding carboxylic acids is 1. The second-order valence-corrected chi connectivity index (χ2v) is 5.66. The molecule has 1 heterocycles. The molecule has 0 saturated carbocycles. The van der Waals surface area contributed by atoms with Crippen LogP contribution in [-0.2, 0) is 17.6 Å². The van der Waals surface area contributed by atoms with Gasteiger partial charge in [-0.3, -0.25) is 9.78 Å². The van der Waals surface area contributed by atoms with Crippen molar-refractivity contribution in [3.63, 3.8) is 0 Å². The number of nitrogens with zero attached hydrogens (tertiary/aromatic N) is 1. The van der Waals surface area contributed by atoms with Gasteiger partial charge in [-0.05, 0) is 48.4 Å². The summed E-state index contributed by atoms with van der Waals surface area (Å²) in [5.74, 6) is 0.290. The number of pyridine rings is 1. The highest BCUT2D eigenvalue weighted by atomic mass is 32.2. The fourth-order valence-corrected chi connectivity index (χ4v) is 2.51. The molecule has 0 aliphatic carbocycles. The Labute approximate surface area is 124 Å². The molecule has 20 heavy (non-hydrogen) atoms. The molecule has 0 spiro atoms. The van der Waals surface area contributed by atoms with Crippen molar-refractivity contribution >= 4 is 17.5 Å². The Hall–Kier alpha value is -1.61. The van der Waals surface area contributed by atoms with Crippen LogP contribution in [0.3, 0.4) is 0 Å². The van der Waals surface area contributed by atoms with Gasteiger partial charge in [0, 0.05) is 30.1 Å². The number of thioether (sulfide) groups is 1. The smallest absolute Gasteiger partial charge is 0.137 e. The zero-order valence-electron chi connectivity index (χ0n) is 11.7. The van der Waals surface area contributed by atoms with E-state index in [4.69, 9.17) is 0 Å². The van der Waals surface area contributed by atoms with E-state index in [9.17, 15) is 4.79 Å². The van der Waals surface area contributed by atoms with Crippen LogP contribution in [0.5, 0.6) is 0 Å². The van der Waals surface area contributed by atoms with Crippen LogP contribution in [0.4, 0.5) is 0 Å². The molecule has 0 aliphatic heterocycles. The number of ketones is 1. The Morgan fingerprint density at radius 2 is 1.95 bits per heavy atom. The summed E-state index contributed by atoms with van der Waals surface area (Å²) in [6, 6.07) is 12.4. The first-order valence-electron chi connectivity index (χ1n) is 6.81. The van der Waals surface area contributed by atoms with Crippen LogP contribution in [0.2, 0.25) is 0 Å². The van der Waals surface area contributed by atoms with Crippen molar-refractivity contribution in [1.29, 1.82) is 0 Å². The number of hydrogen-bond acceptors (Lipinski definition) is 3. The average Bonchev–Trinajstić information content (AvgIpc) is 2.49. The summed E-state index contributed by atoms with van der Waals surface area (Å²) in [4.78, 5) is 17.2. The summed E-state index contributed by atoms with van der Waals surface area (Å²) >= 11 is 1.75. The molecule has 0 amide bonds. The largest absolute Gasteiger partial charge is 0.299 e. The second kappa shape index (κ2) is 7.85. The molecule has 2 nitrogen and oxygen atoms in total. The maximum absolute atomic E-state index is 11.9. The van der Waals surface area contributed by atoms with Gasteiger partial charge in [-0.1, -0.05) is 18.2 Å². The predicted molar refractivity (Wildman–Crippen MR) is 84.1 cm³/mol. The lowest BCUT2D eigenvalue weighted by Gasteiger charge is -2.03. The number of benzene rings is 1. The van der Waals surface area contributed by atoms with Crippen LogP contribution in [0.25, 0.3) is 0 Å². The highest BCUT2D eigenvalue weighted by molar-refractivity contribution is 7.98. The van der Waals surface area contributed by atoms with E-state index in [1.165, 1.54) is 10.5 Å². The summed E-state index contributed by atoms with van der Waals surface area (Å²) < 4.78 is 0. The van der Waals surface area contributed by atoms with Crippen LogP contribution in [0.15, 0.2) is 53.7 Å². The Bertz CT molecular complexity index is 537. The first-order valence-corrected chi connectivity index (χ1v) is 8.04. The molecule has 0 radical (unpaired) electrons. The highest BCUT2D eigenvalue weighted by Crippen LogP contribution is 2.16. The molecule has 3 heteroatoms. The minimum absolute atomic E-state index is 0.290. The van der Waals surface area contributed by atoms with Crippen LogP contribution in [0, 0.1) is 0 Å². The minimum Gasteiger partial charge on any atom is -0.299 e. The summed E-state index contributed by atoms with van der Waals surface area (Å²) in [5.41, 5.74) is 2.30. The zero-order chi connectivity index (χ0) is 14.2. The van der Waals surface area contributed by atoms with E-state index < -0.39 is 0 Å². The van der Waals surface area contributed by atoms with Crippen molar-refractivity contribution < 1.29 is 4.79 Å². The van der Waals surface area contributed by atoms with Crippen LogP contribution < -0.4 is 0 Å². The molecular weight excluding hydrogens is 266 g/mol. The second-order valence-electron chi connectivity index (χ2n) is 4.78. The molecule has 104 valence electrons. The fourth-order valence-electron chi connectivity index (χ4n) is 2.10. The predicted octanol–water partition coefficient (Wildman–Crippen LogP) is 3.94. The van der Waals surface area contributed by atoms with Crippen LogP contribution in [0.1, 0.15) is 24.0 Å². The van der Waals surface area contributed by atoms with Crippen molar-refractivity contribution in [3.8, 4) is 0 Å². The Morgan fingerprint density at radius 1 is 1.15 bits per heavy atom. The normalized spacial score (nSPS) is 10.4. The molecule has 2 rings (SSSR count). The number of carbonyl (C=O) groups is 1. The monoisotopic (exact) mass is 285 g/mol. The summed E-state index contributed by atoms with van der Waals surface area (Å²) in [6.07, 6.45) is 8.58. The van der Waals surface area contributed by atoms with E-state index in [1.807, 2.05) is 12.1 Å². The third-order valence-electron chi connectivity index (χ3n) is 3.20. The first kappa shape index (κ1) is 14.8. The van der Waals surface area contributed by atoms with Crippen molar-refractivity contribution in [2.45, 2.75) is 30.6 Å².